The highest BCUT2D eigenvalue weighted by atomic mass is 31.1. The van der Waals surface area contributed by atoms with Crippen LogP contribution in [0.4, 0.5) is 0 Å². The van der Waals surface area contributed by atoms with Crippen LogP contribution in [-0.2, 0) is 18.9 Å². The summed E-state index contributed by atoms with van der Waals surface area (Å²) in [5, 5.41) is 20.6. The molecule has 2 saturated heterocycles. The first kappa shape index (κ1) is 20.0. The van der Waals surface area contributed by atoms with Crippen molar-refractivity contribution >= 4 is 13.8 Å². The van der Waals surface area contributed by atoms with Crippen molar-refractivity contribution in [3.63, 3.8) is 0 Å². The summed E-state index contributed by atoms with van der Waals surface area (Å²) in [7, 11) is -0.694. The van der Waals surface area contributed by atoms with Crippen molar-refractivity contribution in [2.45, 2.75) is 68.8 Å². The summed E-state index contributed by atoms with van der Waals surface area (Å²) in [5.41, 5.74) is 0. The summed E-state index contributed by atoms with van der Waals surface area (Å²) in [4.78, 5) is 0. The van der Waals surface area contributed by atoms with Gasteiger partial charge in [-0.25, -0.2) is 0 Å². The molecule has 24 heavy (non-hydrogen) atoms. The fraction of sp³-hybridized carbons (Fsp3) is 0.824. The molecule has 6 nitrogen and oxygen atoms in total. The molecule has 2 rings (SSSR count). The van der Waals surface area contributed by atoms with Crippen molar-refractivity contribution in [2.24, 2.45) is 0 Å². The number of hydrogen-bond acceptors (Lipinski definition) is 6. The van der Waals surface area contributed by atoms with Gasteiger partial charge in [0.1, 0.15) is 38.6 Å². The maximum absolute atomic E-state index is 10.3. The van der Waals surface area contributed by atoms with Gasteiger partial charge < -0.3 is 29.2 Å². The molecule has 0 saturated carbocycles. The number of unbranched alkanes of at least 4 members (excludes halogenated alkanes) is 4. The van der Waals surface area contributed by atoms with Gasteiger partial charge in [0.15, 0.2) is 6.29 Å². The summed E-state index contributed by atoms with van der Waals surface area (Å²) in [6.07, 6.45) is 7.04. The van der Waals surface area contributed by atoms with E-state index in [1.54, 1.807) is 0 Å². The number of rotatable bonds is 9. The highest BCUT2D eigenvalue weighted by Crippen LogP contribution is 2.35. The van der Waals surface area contributed by atoms with Crippen LogP contribution in [0.5, 0.6) is 0 Å². The minimum absolute atomic E-state index is 0.308. The van der Waals surface area contributed by atoms with Gasteiger partial charge in [0.25, 0.3) is 0 Å². The number of fused-ring (bicyclic) bond motifs is 1. The molecule has 0 aromatic carbocycles. The van der Waals surface area contributed by atoms with Crippen LogP contribution in [0.25, 0.3) is 0 Å². The smallest absolute Gasteiger partial charge is 0.324 e. The standard InChI is InChI=1S/C17H30O6P/c1-4-5-6-7-8-9-10-20-16-14(19)13(18)15-12(22-16)11-21-17(23-15)24(2)3/h4,12-19H,1-2,5-11H2,3H3/q+1. The molecule has 2 N–H and O–H groups in total. The lowest BCUT2D eigenvalue weighted by molar-refractivity contribution is -0.345. The Morgan fingerprint density at radius 3 is 2.62 bits per heavy atom. The van der Waals surface area contributed by atoms with Crippen LogP contribution < -0.4 is 0 Å². The number of aliphatic hydroxyl groups is 2. The Hall–Kier alpha value is -0.330. The van der Waals surface area contributed by atoms with E-state index in [1.807, 2.05) is 12.7 Å². The number of ether oxygens (including phenoxy) is 4. The fourth-order valence-electron chi connectivity index (χ4n) is 2.87. The Morgan fingerprint density at radius 1 is 1.17 bits per heavy atom. The third-order valence-electron chi connectivity index (χ3n) is 4.26. The van der Waals surface area contributed by atoms with Gasteiger partial charge >= 0.3 is 6.03 Å². The zero-order chi connectivity index (χ0) is 17.5. The molecule has 2 fully saturated rings. The Bertz CT molecular complexity index is 416. The summed E-state index contributed by atoms with van der Waals surface area (Å²) >= 11 is 0. The quantitative estimate of drug-likeness (QED) is 0.371. The molecule has 0 aliphatic carbocycles. The highest BCUT2D eigenvalue weighted by Gasteiger charge is 2.50. The summed E-state index contributed by atoms with van der Waals surface area (Å²) < 4.78 is 22.7. The third kappa shape index (κ3) is 5.33. The molecule has 7 unspecified atom stereocenters. The van der Waals surface area contributed by atoms with Gasteiger partial charge in [0.05, 0.1) is 12.9 Å². The van der Waals surface area contributed by atoms with Crippen molar-refractivity contribution in [1.82, 2.24) is 0 Å². The zero-order valence-corrected chi connectivity index (χ0v) is 15.3. The molecule has 0 radical (unpaired) electrons. The molecule has 7 heteroatoms. The average Bonchev–Trinajstić information content (AvgIpc) is 2.57. The van der Waals surface area contributed by atoms with Gasteiger partial charge in [0.2, 0.25) is 0 Å². The molecule has 2 heterocycles. The van der Waals surface area contributed by atoms with Gasteiger partial charge in [-0.15, -0.1) is 6.58 Å². The number of aliphatic hydroxyl groups excluding tert-OH is 2. The molecular weight excluding hydrogens is 331 g/mol. The van der Waals surface area contributed by atoms with E-state index in [0.717, 1.165) is 32.1 Å². The molecule has 0 amide bonds. The van der Waals surface area contributed by atoms with E-state index in [0.29, 0.717) is 13.2 Å². The highest BCUT2D eigenvalue weighted by molar-refractivity contribution is 7.55. The predicted octanol–water partition coefficient (Wildman–Crippen LogP) is 1.83. The first-order valence-electron chi connectivity index (χ1n) is 8.59. The van der Waals surface area contributed by atoms with E-state index < -0.39 is 44.3 Å². The van der Waals surface area contributed by atoms with Crippen LogP contribution in [0.1, 0.15) is 32.1 Å². The maximum Gasteiger partial charge on any atom is 0.324 e. The molecule has 0 bridgehead atoms. The van der Waals surface area contributed by atoms with Gasteiger partial charge in [-0.2, -0.15) is 0 Å². The van der Waals surface area contributed by atoms with E-state index in [4.69, 9.17) is 18.9 Å². The van der Waals surface area contributed by atoms with Crippen LogP contribution in [0.15, 0.2) is 12.7 Å². The summed E-state index contributed by atoms with van der Waals surface area (Å²) in [5.74, 6) is 0. The van der Waals surface area contributed by atoms with Crippen molar-refractivity contribution in [2.75, 3.05) is 19.9 Å². The van der Waals surface area contributed by atoms with Crippen molar-refractivity contribution in [3.05, 3.63) is 12.7 Å². The van der Waals surface area contributed by atoms with Gasteiger partial charge in [0, 0.05) is 6.61 Å². The minimum Gasteiger partial charge on any atom is -0.387 e. The lowest BCUT2D eigenvalue weighted by Gasteiger charge is -2.44. The third-order valence-corrected chi connectivity index (χ3v) is 5.25. The largest absolute Gasteiger partial charge is 0.387 e. The monoisotopic (exact) mass is 361 g/mol. The molecule has 0 aromatic rings. The van der Waals surface area contributed by atoms with E-state index >= 15 is 0 Å². The Labute approximate surface area is 145 Å². The molecule has 2 aliphatic heterocycles. The predicted molar refractivity (Wildman–Crippen MR) is 94.5 cm³/mol. The van der Waals surface area contributed by atoms with E-state index in [2.05, 4.69) is 12.9 Å². The normalized spacial score (nSPS) is 36.9. The summed E-state index contributed by atoms with van der Waals surface area (Å²) in [6, 6.07) is -0.431. The van der Waals surface area contributed by atoms with E-state index in [-0.39, 0.29) is 0 Å². The van der Waals surface area contributed by atoms with Gasteiger partial charge in [-0.05, 0) is 19.3 Å². The van der Waals surface area contributed by atoms with Crippen LogP contribution in [0.3, 0.4) is 0 Å². The second-order valence-corrected chi connectivity index (χ2v) is 8.32. The number of hydrogen-bond donors (Lipinski definition) is 2. The Kier molecular flexibility index (Phi) is 8.31. The maximum atomic E-state index is 10.3. The van der Waals surface area contributed by atoms with Crippen LogP contribution in [0, 0.1) is 0 Å². The van der Waals surface area contributed by atoms with Crippen molar-refractivity contribution in [1.29, 1.82) is 0 Å². The number of allylic oxidation sites excluding steroid dienone is 1. The first-order valence-corrected chi connectivity index (χ1v) is 10.6. The Balaban J connectivity index is 1.74. The molecule has 0 spiro atoms. The van der Waals surface area contributed by atoms with Gasteiger partial charge in [-0.1, -0.05) is 18.9 Å². The lowest BCUT2D eigenvalue weighted by atomic mass is 9.98. The SMILES string of the molecule is C=CCCCCCCOC1OC2COC([P+](=C)C)OC2C(O)C1O. The molecule has 2 aliphatic rings. The minimum atomic E-state index is -1.13. The fourth-order valence-corrected chi connectivity index (χ4v) is 3.56. The zero-order valence-electron chi connectivity index (χ0n) is 14.4. The average molecular weight is 361 g/mol. The topological polar surface area (TPSA) is 77.4 Å². The molecule has 0 aromatic heterocycles. The van der Waals surface area contributed by atoms with Gasteiger partial charge in [-0.3, -0.25) is 0 Å². The van der Waals surface area contributed by atoms with Crippen LogP contribution >= 0.6 is 7.55 Å². The van der Waals surface area contributed by atoms with Crippen LogP contribution in [0.2, 0.25) is 0 Å². The Morgan fingerprint density at radius 2 is 1.92 bits per heavy atom. The summed E-state index contributed by atoms with van der Waals surface area (Å²) in [6.45, 7) is 6.44. The second-order valence-electron chi connectivity index (χ2n) is 6.38. The van der Waals surface area contributed by atoms with Crippen molar-refractivity contribution < 1.29 is 29.2 Å². The van der Waals surface area contributed by atoms with Crippen molar-refractivity contribution in [3.8, 4) is 0 Å². The molecular formula is C17H30O6P+. The second kappa shape index (κ2) is 9.97. The van der Waals surface area contributed by atoms with E-state index in [1.165, 1.54) is 0 Å². The first-order chi connectivity index (χ1) is 11.5. The van der Waals surface area contributed by atoms with E-state index in [9.17, 15) is 10.2 Å². The molecule has 138 valence electrons. The lowest BCUT2D eigenvalue weighted by Crippen LogP contribution is -2.62. The molecule has 7 atom stereocenters. The van der Waals surface area contributed by atoms with Crippen LogP contribution in [-0.4, -0.2) is 73.1 Å².